The Bertz CT molecular complexity index is 430. The second-order valence-corrected chi connectivity index (χ2v) is 7.61. The monoisotopic (exact) mass is 288 g/mol. The molecule has 1 heterocycles. The summed E-state index contributed by atoms with van der Waals surface area (Å²) in [5.74, 6) is 0.711. The van der Waals surface area contributed by atoms with Crippen molar-refractivity contribution in [3.63, 3.8) is 0 Å². The molecule has 1 saturated heterocycles. The lowest BCUT2D eigenvalue weighted by Crippen LogP contribution is -2.34. The van der Waals surface area contributed by atoms with Gasteiger partial charge in [0.25, 0.3) is 0 Å². The first-order valence-corrected chi connectivity index (χ1v) is 8.39. The Balaban J connectivity index is 2.26. The first-order valence-electron chi connectivity index (χ1n) is 8.39. The van der Waals surface area contributed by atoms with Gasteiger partial charge in [-0.2, -0.15) is 0 Å². The molecular weight excluding hydrogens is 256 g/mol. The lowest BCUT2D eigenvalue weighted by atomic mass is 9.84. The van der Waals surface area contributed by atoms with Crippen molar-refractivity contribution in [2.75, 3.05) is 27.2 Å². The van der Waals surface area contributed by atoms with E-state index < -0.39 is 0 Å². The Hall–Kier alpha value is -0.860. The van der Waals surface area contributed by atoms with E-state index in [2.05, 4.69) is 69.3 Å². The fourth-order valence-corrected chi connectivity index (χ4v) is 3.61. The average molecular weight is 288 g/mol. The Kier molecular flexibility index (Phi) is 5.45. The van der Waals surface area contributed by atoms with E-state index in [0.717, 1.165) is 6.54 Å². The summed E-state index contributed by atoms with van der Waals surface area (Å²) in [5, 5.41) is 3.39. The minimum atomic E-state index is 0.234. The van der Waals surface area contributed by atoms with Crippen molar-refractivity contribution in [3.05, 3.63) is 35.4 Å². The molecule has 0 radical (unpaired) electrons. The van der Waals surface area contributed by atoms with E-state index in [-0.39, 0.29) is 5.41 Å². The van der Waals surface area contributed by atoms with Crippen LogP contribution in [0.15, 0.2) is 24.3 Å². The van der Waals surface area contributed by atoms with Gasteiger partial charge in [0.1, 0.15) is 0 Å². The largest absolute Gasteiger partial charge is 0.319 e. The van der Waals surface area contributed by atoms with Gasteiger partial charge in [-0.1, -0.05) is 51.5 Å². The number of benzene rings is 1. The number of likely N-dealkylation sites (tertiary alicyclic amines) is 1. The molecule has 0 amide bonds. The van der Waals surface area contributed by atoms with Crippen LogP contribution in [0.4, 0.5) is 0 Å². The number of hydrogen-bond acceptors (Lipinski definition) is 2. The summed E-state index contributed by atoms with van der Waals surface area (Å²) in [6.07, 6.45) is 4.01. The summed E-state index contributed by atoms with van der Waals surface area (Å²) in [5.41, 5.74) is 3.14. The molecule has 1 aliphatic rings. The fraction of sp³-hybridized carbons (Fsp3) is 0.684. The highest BCUT2D eigenvalue weighted by atomic mass is 15.1. The third-order valence-electron chi connectivity index (χ3n) is 4.84. The van der Waals surface area contributed by atoms with E-state index in [1.165, 1.54) is 36.9 Å². The highest BCUT2D eigenvalue weighted by Crippen LogP contribution is 2.34. The van der Waals surface area contributed by atoms with Crippen molar-refractivity contribution in [1.82, 2.24) is 10.2 Å². The summed E-state index contributed by atoms with van der Waals surface area (Å²) in [6.45, 7) is 9.17. The van der Waals surface area contributed by atoms with Crippen molar-refractivity contribution in [1.29, 1.82) is 0 Å². The summed E-state index contributed by atoms with van der Waals surface area (Å²) in [6, 6.07) is 9.91. The summed E-state index contributed by atoms with van der Waals surface area (Å²) < 4.78 is 0. The number of nitrogens with one attached hydrogen (secondary N) is 1. The number of hydrogen-bond donors (Lipinski definition) is 1. The van der Waals surface area contributed by atoms with Crippen molar-refractivity contribution in [3.8, 4) is 0 Å². The molecule has 2 rings (SSSR count). The second kappa shape index (κ2) is 6.93. The molecule has 1 aromatic rings. The Labute approximate surface area is 130 Å². The zero-order valence-corrected chi connectivity index (χ0v) is 14.4. The molecule has 0 spiro atoms. The van der Waals surface area contributed by atoms with Gasteiger partial charge in [0.15, 0.2) is 0 Å². The molecule has 2 unspecified atom stereocenters. The molecule has 1 aliphatic heterocycles. The summed E-state index contributed by atoms with van der Waals surface area (Å²) in [7, 11) is 4.36. The summed E-state index contributed by atoms with van der Waals surface area (Å²) in [4.78, 5) is 2.56. The van der Waals surface area contributed by atoms with Crippen molar-refractivity contribution < 1.29 is 0 Å². The maximum atomic E-state index is 3.39. The van der Waals surface area contributed by atoms with E-state index >= 15 is 0 Å². The van der Waals surface area contributed by atoms with Crippen LogP contribution >= 0.6 is 0 Å². The molecule has 0 bridgehead atoms. The number of nitrogens with zero attached hydrogens (tertiary/aromatic N) is 1. The molecule has 2 nitrogen and oxygen atoms in total. The SMILES string of the molecule is CNCC1CCCCN(C)C1c1ccc(C(C)(C)C)cc1. The lowest BCUT2D eigenvalue weighted by molar-refractivity contribution is 0.191. The van der Waals surface area contributed by atoms with Crippen LogP contribution in [0.2, 0.25) is 0 Å². The van der Waals surface area contributed by atoms with E-state index in [9.17, 15) is 0 Å². The molecule has 2 atom stereocenters. The number of rotatable bonds is 3. The van der Waals surface area contributed by atoms with E-state index in [0.29, 0.717) is 12.0 Å². The van der Waals surface area contributed by atoms with Gasteiger partial charge >= 0.3 is 0 Å². The van der Waals surface area contributed by atoms with Crippen molar-refractivity contribution in [2.45, 2.75) is 51.5 Å². The van der Waals surface area contributed by atoms with Crippen LogP contribution in [-0.4, -0.2) is 32.1 Å². The molecule has 1 fully saturated rings. The van der Waals surface area contributed by atoms with Gasteiger partial charge in [-0.05, 0) is 62.5 Å². The zero-order valence-electron chi connectivity index (χ0n) is 14.4. The predicted molar refractivity (Wildman–Crippen MR) is 91.8 cm³/mol. The van der Waals surface area contributed by atoms with Crippen LogP contribution in [0.1, 0.15) is 57.2 Å². The molecule has 0 saturated carbocycles. The van der Waals surface area contributed by atoms with Gasteiger partial charge in [-0.3, -0.25) is 4.90 Å². The molecule has 2 heteroatoms. The first kappa shape index (κ1) is 16.5. The van der Waals surface area contributed by atoms with Gasteiger partial charge in [0.2, 0.25) is 0 Å². The molecular formula is C19H32N2. The highest BCUT2D eigenvalue weighted by molar-refractivity contribution is 5.29. The topological polar surface area (TPSA) is 15.3 Å². The highest BCUT2D eigenvalue weighted by Gasteiger charge is 2.28. The van der Waals surface area contributed by atoms with Gasteiger partial charge in [0, 0.05) is 6.04 Å². The Morgan fingerprint density at radius 1 is 1.14 bits per heavy atom. The molecule has 0 aliphatic carbocycles. The molecule has 21 heavy (non-hydrogen) atoms. The minimum absolute atomic E-state index is 0.234. The maximum Gasteiger partial charge on any atom is 0.0385 e. The maximum absolute atomic E-state index is 3.39. The smallest absolute Gasteiger partial charge is 0.0385 e. The fourth-order valence-electron chi connectivity index (χ4n) is 3.61. The third-order valence-corrected chi connectivity index (χ3v) is 4.84. The first-order chi connectivity index (χ1) is 9.93. The van der Waals surface area contributed by atoms with Crippen molar-refractivity contribution in [2.24, 2.45) is 5.92 Å². The van der Waals surface area contributed by atoms with Crippen LogP contribution in [0.3, 0.4) is 0 Å². The zero-order chi connectivity index (χ0) is 15.5. The van der Waals surface area contributed by atoms with Crippen molar-refractivity contribution >= 4 is 0 Å². The Morgan fingerprint density at radius 3 is 2.38 bits per heavy atom. The van der Waals surface area contributed by atoms with Gasteiger partial charge < -0.3 is 5.32 Å². The van der Waals surface area contributed by atoms with Crippen LogP contribution in [-0.2, 0) is 5.41 Å². The van der Waals surface area contributed by atoms with E-state index in [4.69, 9.17) is 0 Å². The van der Waals surface area contributed by atoms with Crippen LogP contribution in [0.5, 0.6) is 0 Å². The quantitative estimate of drug-likeness (QED) is 0.905. The Morgan fingerprint density at radius 2 is 1.81 bits per heavy atom. The van der Waals surface area contributed by atoms with Gasteiger partial charge in [0.05, 0.1) is 0 Å². The third kappa shape index (κ3) is 4.08. The van der Waals surface area contributed by atoms with Crippen LogP contribution in [0, 0.1) is 5.92 Å². The molecule has 1 aromatic carbocycles. The lowest BCUT2D eigenvalue weighted by Gasteiger charge is -2.33. The molecule has 1 N–H and O–H groups in total. The average Bonchev–Trinajstić information content (AvgIpc) is 2.60. The molecule has 118 valence electrons. The predicted octanol–water partition coefficient (Wildman–Crippen LogP) is 3.98. The van der Waals surface area contributed by atoms with Crippen LogP contribution < -0.4 is 5.32 Å². The normalized spacial score (nSPS) is 24.8. The van der Waals surface area contributed by atoms with Gasteiger partial charge in [-0.15, -0.1) is 0 Å². The summed E-state index contributed by atoms with van der Waals surface area (Å²) >= 11 is 0. The molecule has 0 aromatic heterocycles. The second-order valence-electron chi connectivity index (χ2n) is 7.61. The van der Waals surface area contributed by atoms with Crippen LogP contribution in [0.25, 0.3) is 0 Å². The standard InChI is InChI=1S/C19H32N2/c1-19(2,3)17-11-9-15(10-12-17)18-16(14-20-4)8-6-7-13-21(18)5/h9-12,16,18,20H,6-8,13-14H2,1-5H3. The van der Waals surface area contributed by atoms with E-state index in [1.807, 2.05) is 0 Å². The van der Waals surface area contributed by atoms with Gasteiger partial charge in [-0.25, -0.2) is 0 Å². The van der Waals surface area contributed by atoms with E-state index in [1.54, 1.807) is 0 Å². The minimum Gasteiger partial charge on any atom is -0.319 e.